The summed E-state index contributed by atoms with van der Waals surface area (Å²) in [5.41, 5.74) is 0. The van der Waals surface area contributed by atoms with Gasteiger partial charge in [0.1, 0.15) is 5.76 Å². The van der Waals surface area contributed by atoms with Crippen molar-refractivity contribution in [2.45, 2.75) is 18.7 Å². The van der Waals surface area contributed by atoms with Crippen LogP contribution in [0.3, 0.4) is 0 Å². The van der Waals surface area contributed by atoms with Gasteiger partial charge in [0.05, 0.1) is 16.9 Å². The van der Waals surface area contributed by atoms with Gasteiger partial charge in [-0.3, -0.25) is 4.79 Å². The predicted molar refractivity (Wildman–Crippen MR) is 67.6 cm³/mol. The third-order valence-corrected chi connectivity index (χ3v) is 4.37. The molecule has 2 heterocycles. The van der Waals surface area contributed by atoms with Crippen LogP contribution in [-0.2, 0) is 0 Å². The first kappa shape index (κ1) is 11.5. The monoisotopic (exact) mass is 252 g/mol. The Hall–Kier alpha value is -1.00. The molecule has 0 bridgehead atoms. The van der Waals surface area contributed by atoms with E-state index in [2.05, 4.69) is 0 Å². The number of aryl methyl sites for hydroxylation is 2. The Morgan fingerprint density at radius 1 is 1.38 bits per heavy atom. The molecular formula is C12H12O2S2. The number of hydrogen-bond donors (Lipinski definition) is 0. The molecule has 2 nitrogen and oxygen atoms in total. The number of carbonyl (C=O) groups is 1. The van der Waals surface area contributed by atoms with Crippen molar-refractivity contribution in [3.8, 4) is 0 Å². The highest BCUT2D eigenvalue weighted by molar-refractivity contribution is 8.00. The molecule has 0 N–H and O–H groups in total. The quantitative estimate of drug-likeness (QED) is 0.610. The fourth-order valence-electron chi connectivity index (χ4n) is 1.32. The van der Waals surface area contributed by atoms with Crippen molar-refractivity contribution in [1.29, 1.82) is 0 Å². The standard InChI is InChI=1S/C12H12O2S2/c1-8-3-4-12(16-8)10(13)7-15-11-5-6-14-9(11)2/h3-6H,7H2,1-2H3. The molecule has 0 unspecified atom stereocenters. The van der Waals surface area contributed by atoms with Crippen molar-refractivity contribution >= 4 is 28.9 Å². The molecule has 0 saturated heterocycles. The smallest absolute Gasteiger partial charge is 0.182 e. The van der Waals surface area contributed by atoms with Crippen molar-refractivity contribution in [2.75, 3.05) is 5.75 Å². The van der Waals surface area contributed by atoms with Crippen molar-refractivity contribution in [3.05, 3.63) is 40.0 Å². The fourth-order valence-corrected chi connectivity index (χ4v) is 3.06. The summed E-state index contributed by atoms with van der Waals surface area (Å²) in [7, 11) is 0. The van der Waals surface area contributed by atoms with Gasteiger partial charge in [0, 0.05) is 9.77 Å². The molecule has 0 aromatic carbocycles. The molecule has 2 aromatic heterocycles. The van der Waals surface area contributed by atoms with Crippen molar-refractivity contribution in [3.63, 3.8) is 0 Å². The van der Waals surface area contributed by atoms with Crippen LogP contribution in [0.5, 0.6) is 0 Å². The third kappa shape index (κ3) is 2.57. The second-order valence-electron chi connectivity index (χ2n) is 3.46. The van der Waals surface area contributed by atoms with E-state index in [0.717, 1.165) is 15.5 Å². The van der Waals surface area contributed by atoms with Crippen LogP contribution in [0.15, 0.2) is 33.8 Å². The first-order chi connectivity index (χ1) is 7.66. The molecule has 0 atom stereocenters. The summed E-state index contributed by atoms with van der Waals surface area (Å²) in [5.74, 6) is 1.53. The van der Waals surface area contributed by atoms with E-state index >= 15 is 0 Å². The van der Waals surface area contributed by atoms with E-state index in [0.29, 0.717) is 5.75 Å². The summed E-state index contributed by atoms with van der Waals surface area (Å²) in [6.07, 6.45) is 1.65. The van der Waals surface area contributed by atoms with E-state index < -0.39 is 0 Å². The molecule has 0 saturated carbocycles. The maximum atomic E-state index is 11.8. The fraction of sp³-hybridized carbons (Fsp3) is 0.250. The second-order valence-corrected chi connectivity index (χ2v) is 5.77. The summed E-state index contributed by atoms with van der Waals surface area (Å²) in [4.78, 5) is 14.9. The van der Waals surface area contributed by atoms with Crippen LogP contribution in [0.1, 0.15) is 20.3 Å². The Morgan fingerprint density at radius 3 is 2.75 bits per heavy atom. The van der Waals surface area contributed by atoms with Gasteiger partial charge >= 0.3 is 0 Å². The summed E-state index contributed by atoms with van der Waals surface area (Å²) in [6, 6.07) is 5.77. The maximum Gasteiger partial charge on any atom is 0.182 e. The molecule has 0 spiro atoms. The van der Waals surface area contributed by atoms with Crippen LogP contribution in [0.4, 0.5) is 0 Å². The number of ketones is 1. The number of rotatable bonds is 4. The molecule has 2 aromatic rings. The average molecular weight is 252 g/mol. The first-order valence-electron chi connectivity index (χ1n) is 4.93. The second kappa shape index (κ2) is 4.89. The van der Waals surface area contributed by atoms with Crippen molar-refractivity contribution < 1.29 is 9.21 Å². The molecule has 2 rings (SSSR count). The van der Waals surface area contributed by atoms with Gasteiger partial charge in [0.2, 0.25) is 0 Å². The molecule has 0 aliphatic carbocycles. The van der Waals surface area contributed by atoms with E-state index in [1.807, 2.05) is 32.0 Å². The zero-order valence-corrected chi connectivity index (χ0v) is 10.8. The topological polar surface area (TPSA) is 30.2 Å². The van der Waals surface area contributed by atoms with Crippen molar-refractivity contribution in [1.82, 2.24) is 0 Å². The van der Waals surface area contributed by atoms with E-state index in [1.165, 1.54) is 16.6 Å². The third-order valence-electron chi connectivity index (χ3n) is 2.19. The van der Waals surface area contributed by atoms with Gasteiger partial charge in [0.15, 0.2) is 5.78 Å². The Kier molecular flexibility index (Phi) is 3.51. The molecule has 0 aliphatic rings. The van der Waals surface area contributed by atoms with Crippen LogP contribution in [0, 0.1) is 13.8 Å². The van der Waals surface area contributed by atoms with Crippen molar-refractivity contribution in [2.24, 2.45) is 0 Å². The predicted octanol–water partition coefficient (Wildman–Crippen LogP) is 3.93. The molecule has 4 heteroatoms. The van der Waals surface area contributed by atoms with Gasteiger partial charge in [-0.1, -0.05) is 0 Å². The molecule has 0 aliphatic heterocycles. The molecule has 0 amide bonds. The number of hydrogen-bond acceptors (Lipinski definition) is 4. The highest BCUT2D eigenvalue weighted by atomic mass is 32.2. The Bertz CT molecular complexity index is 497. The number of carbonyl (C=O) groups excluding carboxylic acids is 1. The highest BCUT2D eigenvalue weighted by Gasteiger charge is 2.10. The summed E-state index contributed by atoms with van der Waals surface area (Å²) < 4.78 is 5.18. The minimum absolute atomic E-state index is 0.184. The molecule has 0 fully saturated rings. The Labute approximate surface area is 103 Å². The number of thiophene rings is 1. The Morgan fingerprint density at radius 2 is 2.19 bits per heavy atom. The van der Waals surface area contributed by atoms with Gasteiger partial charge in [0.25, 0.3) is 0 Å². The lowest BCUT2D eigenvalue weighted by molar-refractivity contribution is 0.102. The van der Waals surface area contributed by atoms with E-state index in [1.54, 1.807) is 17.6 Å². The zero-order valence-electron chi connectivity index (χ0n) is 9.15. The van der Waals surface area contributed by atoms with Gasteiger partial charge in [-0.15, -0.1) is 23.1 Å². The van der Waals surface area contributed by atoms with E-state index in [4.69, 9.17) is 4.42 Å². The van der Waals surface area contributed by atoms with Crippen LogP contribution in [-0.4, -0.2) is 11.5 Å². The summed E-state index contributed by atoms with van der Waals surface area (Å²) in [5, 5.41) is 0. The largest absolute Gasteiger partial charge is 0.468 e. The minimum Gasteiger partial charge on any atom is -0.468 e. The molecule has 16 heavy (non-hydrogen) atoms. The number of thioether (sulfide) groups is 1. The maximum absolute atomic E-state index is 11.8. The molecule has 84 valence electrons. The summed E-state index contributed by atoms with van der Waals surface area (Å²) in [6.45, 7) is 3.91. The highest BCUT2D eigenvalue weighted by Crippen LogP contribution is 2.25. The number of furan rings is 1. The summed E-state index contributed by atoms with van der Waals surface area (Å²) >= 11 is 3.08. The normalized spacial score (nSPS) is 10.6. The van der Waals surface area contributed by atoms with Crippen LogP contribution >= 0.6 is 23.1 Å². The zero-order chi connectivity index (χ0) is 11.5. The molecular weight excluding hydrogens is 240 g/mol. The van der Waals surface area contributed by atoms with Gasteiger partial charge in [-0.2, -0.15) is 0 Å². The van der Waals surface area contributed by atoms with Crippen LogP contribution in [0.25, 0.3) is 0 Å². The van der Waals surface area contributed by atoms with Gasteiger partial charge < -0.3 is 4.42 Å². The van der Waals surface area contributed by atoms with E-state index in [9.17, 15) is 4.79 Å². The first-order valence-corrected chi connectivity index (χ1v) is 6.73. The number of Topliss-reactive ketones (excluding diaryl/α,β-unsaturated/α-hetero) is 1. The van der Waals surface area contributed by atoms with E-state index in [-0.39, 0.29) is 5.78 Å². The van der Waals surface area contributed by atoms with Crippen LogP contribution < -0.4 is 0 Å². The Balaban J connectivity index is 1.96. The van der Waals surface area contributed by atoms with Crippen LogP contribution in [0.2, 0.25) is 0 Å². The van der Waals surface area contributed by atoms with Gasteiger partial charge in [-0.05, 0) is 32.0 Å². The average Bonchev–Trinajstić information content (AvgIpc) is 2.84. The lowest BCUT2D eigenvalue weighted by atomic mass is 10.3. The molecule has 0 radical (unpaired) electrons. The lowest BCUT2D eigenvalue weighted by Gasteiger charge is -1.97. The lowest BCUT2D eigenvalue weighted by Crippen LogP contribution is -1.98. The minimum atomic E-state index is 0.184. The SMILES string of the molecule is Cc1ccc(C(=O)CSc2ccoc2C)s1. The van der Waals surface area contributed by atoms with Gasteiger partial charge in [-0.25, -0.2) is 0 Å².